The van der Waals surface area contributed by atoms with Gasteiger partial charge < -0.3 is 5.32 Å². The van der Waals surface area contributed by atoms with Gasteiger partial charge in [-0.1, -0.05) is 29.8 Å². The number of hydrogen-bond acceptors (Lipinski definition) is 3. The molecular formula is C16H17FN2O3S. The Bertz CT molecular complexity index is 804. The standard InChI is InChI=1S/C16H17FN2O3S/c1-11-7-9-13(10-8-11)23(21,22)19-12(2)16(20)18-15-6-4-3-5-14(15)17/h3-10,12,19H,1-2H3,(H,18,20)/t12-/m1/s1. The van der Waals surface area contributed by atoms with Gasteiger partial charge in [0.05, 0.1) is 16.6 Å². The number of aryl methyl sites for hydroxylation is 1. The predicted molar refractivity (Wildman–Crippen MR) is 86.0 cm³/mol. The van der Waals surface area contributed by atoms with Crippen LogP contribution in [0.4, 0.5) is 10.1 Å². The molecule has 122 valence electrons. The third kappa shape index (κ3) is 4.37. The van der Waals surface area contributed by atoms with E-state index in [1.807, 2.05) is 6.92 Å². The van der Waals surface area contributed by atoms with E-state index in [2.05, 4.69) is 10.0 Å². The highest BCUT2D eigenvalue weighted by molar-refractivity contribution is 7.89. The van der Waals surface area contributed by atoms with Crippen LogP contribution in [0.25, 0.3) is 0 Å². The minimum atomic E-state index is -3.83. The Labute approximate surface area is 134 Å². The van der Waals surface area contributed by atoms with Gasteiger partial charge >= 0.3 is 0 Å². The van der Waals surface area contributed by atoms with Crippen molar-refractivity contribution >= 4 is 21.6 Å². The highest BCUT2D eigenvalue weighted by Crippen LogP contribution is 2.14. The van der Waals surface area contributed by atoms with Crippen LogP contribution >= 0.6 is 0 Å². The van der Waals surface area contributed by atoms with Crippen LogP contribution in [-0.4, -0.2) is 20.4 Å². The van der Waals surface area contributed by atoms with Gasteiger partial charge in [-0.3, -0.25) is 4.79 Å². The molecule has 0 aliphatic carbocycles. The number of anilines is 1. The first-order chi connectivity index (χ1) is 10.8. The van der Waals surface area contributed by atoms with Gasteiger partial charge in [0.1, 0.15) is 5.82 Å². The Balaban J connectivity index is 2.08. The lowest BCUT2D eigenvalue weighted by Crippen LogP contribution is -2.41. The van der Waals surface area contributed by atoms with Crippen LogP contribution in [-0.2, 0) is 14.8 Å². The van der Waals surface area contributed by atoms with E-state index in [0.29, 0.717) is 0 Å². The molecule has 2 rings (SSSR count). The Kier molecular flexibility index (Phi) is 5.12. The van der Waals surface area contributed by atoms with Crippen LogP contribution in [0.1, 0.15) is 12.5 Å². The van der Waals surface area contributed by atoms with Crippen LogP contribution in [0, 0.1) is 12.7 Å². The number of para-hydroxylation sites is 1. The summed E-state index contributed by atoms with van der Waals surface area (Å²) in [7, 11) is -3.83. The number of benzene rings is 2. The van der Waals surface area contributed by atoms with Gasteiger partial charge in [0.15, 0.2) is 0 Å². The van der Waals surface area contributed by atoms with Crippen molar-refractivity contribution in [2.45, 2.75) is 24.8 Å². The van der Waals surface area contributed by atoms with Gasteiger partial charge in [0.2, 0.25) is 15.9 Å². The quantitative estimate of drug-likeness (QED) is 0.880. The lowest BCUT2D eigenvalue weighted by atomic mass is 10.2. The largest absolute Gasteiger partial charge is 0.322 e. The van der Waals surface area contributed by atoms with Gasteiger partial charge in [-0.05, 0) is 38.1 Å². The van der Waals surface area contributed by atoms with Crippen LogP contribution in [0.2, 0.25) is 0 Å². The first-order valence-electron chi connectivity index (χ1n) is 6.94. The smallest absolute Gasteiger partial charge is 0.242 e. The molecule has 0 aliphatic heterocycles. The van der Waals surface area contributed by atoms with Crippen molar-refractivity contribution in [2.75, 3.05) is 5.32 Å². The van der Waals surface area contributed by atoms with Gasteiger partial charge in [0, 0.05) is 0 Å². The molecule has 5 nitrogen and oxygen atoms in total. The fourth-order valence-corrected chi connectivity index (χ4v) is 3.08. The molecule has 2 N–H and O–H groups in total. The van der Waals surface area contributed by atoms with Crippen molar-refractivity contribution < 1.29 is 17.6 Å². The summed E-state index contributed by atoms with van der Waals surface area (Å²) in [5, 5.41) is 2.35. The number of hydrogen-bond donors (Lipinski definition) is 2. The van der Waals surface area contributed by atoms with E-state index in [-0.39, 0.29) is 10.6 Å². The zero-order valence-electron chi connectivity index (χ0n) is 12.7. The average molecular weight is 336 g/mol. The molecule has 0 saturated heterocycles. The van der Waals surface area contributed by atoms with Crippen molar-refractivity contribution in [1.82, 2.24) is 4.72 Å². The maximum Gasteiger partial charge on any atom is 0.242 e. The summed E-state index contributed by atoms with van der Waals surface area (Å²) < 4.78 is 40.2. The van der Waals surface area contributed by atoms with Gasteiger partial charge in [-0.2, -0.15) is 4.72 Å². The van der Waals surface area contributed by atoms with E-state index < -0.39 is 27.8 Å². The van der Waals surface area contributed by atoms with Gasteiger partial charge in [-0.15, -0.1) is 0 Å². The van der Waals surface area contributed by atoms with E-state index in [0.717, 1.165) is 5.56 Å². The molecule has 0 aromatic heterocycles. The average Bonchev–Trinajstić information content (AvgIpc) is 2.49. The number of carbonyl (C=O) groups excluding carboxylic acids is 1. The summed E-state index contributed by atoms with van der Waals surface area (Å²) in [6.45, 7) is 3.23. The molecule has 0 radical (unpaired) electrons. The Morgan fingerprint density at radius 1 is 1.09 bits per heavy atom. The zero-order chi connectivity index (χ0) is 17.0. The molecule has 23 heavy (non-hydrogen) atoms. The summed E-state index contributed by atoms with van der Waals surface area (Å²) in [4.78, 5) is 12.1. The summed E-state index contributed by atoms with van der Waals surface area (Å²) in [5.41, 5.74) is 0.924. The third-order valence-electron chi connectivity index (χ3n) is 3.19. The van der Waals surface area contributed by atoms with E-state index >= 15 is 0 Å². The van der Waals surface area contributed by atoms with Crippen molar-refractivity contribution in [2.24, 2.45) is 0 Å². The molecule has 0 bridgehead atoms. The van der Waals surface area contributed by atoms with E-state index in [4.69, 9.17) is 0 Å². The molecular weight excluding hydrogens is 319 g/mol. The minimum Gasteiger partial charge on any atom is -0.322 e. The lowest BCUT2D eigenvalue weighted by molar-refractivity contribution is -0.117. The van der Waals surface area contributed by atoms with Crippen molar-refractivity contribution in [3.8, 4) is 0 Å². The second-order valence-corrected chi connectivity index (χ2v) is 6.84. The summed E-state index contributed by atoms with van der Waals surface area (Å²) in [6, 6.07) is 10.9. The highest BCUT2D eigenvalue weighted by Gasteiger charge is 2.22. The van der Waals surface area contributed by atoms with E-state index in [9.17, 15) is 17.6 Å². The first-order valence-corrected chi connectivity index (χ1v) is 8.42. The molecule has 0 heterocycles. The molecule has 0 fully saturated rings. The van der Waals surface area contributed by atoms with Crippen molar-refractivity contribution in [3.05, 3.63) is 59.9 Å². The van der Waals surface area contributed by atoms with E-state index in [1.54, 1.807) is 18.2 Å². The highest BCUT2D eigenvalue weighted by atomic mass is 32.2. The molecule has 7 heteroatoms. The fourth-order valence-electron chi connectivity index (χ4n) is 1.88. The zero-order valence-corrected chi connectivity index (χ0v) is 13.5. The number of nitrogens with one attached hydrogen (secondary N) is 2. The van der Waals surface area contributed by atoms with Crippen molar-refractivity contribution in [1.29, 1.82) is 0 Å². The van der Waals surface area contributed by atoms with Crippen LogP contribution in [0.3, 0.4) is 0 Å². The molecule has 0 aliphatic rings. The number of amides is 1. The number of halogens is 1. The monoisotopic (exact) mass is 336 g/mol. The fraction of sp³-hybridized carbons (Fsp3) is 0.188. The second-order valence-electron chi connectivity index (χ2n) is 5.13. The molecule has 0 saturated carbocycles. The summed E-state index contributed by atoms with van der Waals surface area (Å²) in [5.74, 6) is -1.24. The van der Waals surface area contributed by atoms with Crippen molar-refractivity contribution in [3.63, 3.8) is 0 Å². The van der Waals surface area contributed by atoms with Crippen LogP contribution in [0.15, 0.2) is 53.4 Å². The van der Waals surface area contributed by atoms with Crippen LogP contribution < -0.4 is 10.0 Å². The maximum absolute atomic E-state index is 13.5. The maximum atomic E-state index is 13.5. The van der Waals surface area contributed by atoms with Gasteiger partial charge in [0.25, 0.3) is 0 Å². The normalized spacial score (nSPS) is 12.7. The molecule has 0 unspecified atom stereocenters. The second kappa shape index (κ2) is 6.89. The van der Waals surface area contributed by atoms with Crippen LogP contribution in [0.5, 0.6) is 0 Å². The Hall–Kier alpha value is -2.25. The first kappa shape index (κ1) is 17.1. The number of carbonyl (C=O) groups is 1. The molecule has 2 aromatic rings. The predicted octanol–water partition coefficient (Wildman–Crippen LogP) is 2.44. The Morgan fingerprint density at radius 3 is 2.30 bits per heavy atom. The van der Waals surface area contributed by atoms with Gasteiger partial charge in [-0.25, -0.2) is 12.8 Å². The summed E-state index contributed by atoms with van der Waals surface area (Å²) >= 11 is 0. The minimum absolute atomic E-state index is 0.00103. The Morgan fingerprint density at radius 2 is 1.70 bits per heavy atom. The summed E-state index contributed by atoms with van der Waals surface area (Å²) in [6.07, 6.45) is 0. The molecule has 1 amide bonds. The number of sulfonamides is 1. The van der Waals surface area contributed by atoms with E-state index in [1.165, 1.54) is 37.3 Å². The molecule has 1 atom stereocenters. The topological polar surface area (TPSA) is 75.3 Å². The molecule has 2 aromatic carbocycles. The lowest BCUT2D eigenvalue weighted by Gasteiger charge is -2.15. The molecule has 0 spiro atoms. The SMILES string of the molecule is Cc1ccc(S(=O)(=O)N[C@H](C)C(=O)Nc2ccccc2F)cc1. The third-order valence-corrected chi connectivity index (χ3v) is 4.74. The number of rotatable bonds is 5.